The summed E-state index contributed by atoms with van der Waals surface area (Å²) in [6.45, 7) is 4.22. The van der Waals surface area contributed by atoms with E-state index >= 15 is 0 Å². The summed E-state index contributed by atoms with van der Waals surface area (Å²) >= 11 is 0. The van der Waals surface area contributed by atoms with Crippen LogP contribution >= 0.6 is 0 Å². The highest BCUT2D eigenvalue weighted by Crippen LogP contribution is 2.31. The Balaban J connectivity index is 1.33. The molecule has 29 heavy (non-hydrogen) atoms. The lowest BCUT2D eigenvalue weighted by Crippen LogP contribution is -2.43. The van der Waals surface area contributed by atoms with Crippen LogP contribution in [-0.2, 0) is 9.59 Å². The number of likely N-dealkylation sites (tertiary alicyclic amines) is 1. The molecular weight excluding hydrogens is 376 g/mol. The predicted octanol–water partition coefficient (Wildman–Crippen LogP) is 3.00. The third-order valence-electron chi connectivity index (χ3n) is 6.54. The molecule has 158 valence electrons. The van der Waals surface area contributed by atoms with E-state index in [2.05, 4.69) is 15.1 Å². The van der Waals surface area contributed by atoms with Crippen LogP contribution in [0.1, 0.15) is 50.0 Å². The van der Waals surface area contributed by atoms with Gasteiger partial charge in [-0.15, -0.1) is 0 Å². The lowest BCUT2D eigenvalue weighted by molar-refractivity contribution is -0.134. The maximum Gasteiger partial charge on any atom is 0.234 e. The Morgan fingerprint density at radius 2 is 1.86 bits per heavy atom. The zero-order chi connectivity index (χ0) is 20.4. The summed E-state index contributed by atoms with van der Waals surface area (Å²) in [4.78, 5) is 27.8. The molecular formula is C22H29F2N3O2. The molecule has 3 aliphatic rings. The van der Waals surface area contributed by atoms with Crippen LogP contribution in [0.5, 0.6) is 0 Å². The van der Waals surface area contributed by atoms with E-state index < -0.39 is 18.0 Å². The Morgan fingerprint density at radius 1 is 1.07 bits per heavy atom. The van der Waals surface area contributed by atoms with Gasteiger partial charge in [0.1, 0.15) is 12.0 Å². The van der Waals surface area contributed by atoms with Gasteiger partial charge in [-0.25, -0.2) is 8.78 Å². The zero-order valence-corrected chi connectivity index (χ0v) is 16.7. The maximum absolute atomic E-state index is 14.7. The summed E-state index contributed by atoms with van der Waals surface area (Å²) in [7, 11) is 0. The third kappa shape index (κ3) is 4.77. The summed E-state index contributed by atoms with van der Waals surface area (Å²) in [6, 6.07) is 5.07. The molecule has 1 aromatic carbocycles. The standard InChI is InChI=1S/C22H29F2N3O2/c23-16-2-1-9-26(14-16)13-15-7-10-27(11-8-15)17-3-4-18(20(24)12-17)19-5-6-21(28)25-22(19)29/h3-4,12,15-16,19H,1-2,5-11,13-14H2,(H,25,28,29). The van der Waals surface area contributed by atoms with Crippen molar-refractivity contribution in [2.24, 2.45) is 5.92 Å². The number of hydrogen-bond acceptors (Lipinski definition) is 4. The first-order valence-electron chi connectivity index (χ1n) is 10.7. The van der Waals surface area contributed by atoms with Crippen molar-refractivity contribution in [3.8, 4) is 0 Å². The van der Waals surface area contributed by atoms with Crippen molar-refractivity contribution >= 4 is 17.5 Å². The second-order valence-corrected chi connectivity index (χ2v) is 8.64. The predicted molar refractivity (Wildman–Crippen MR) is 107 cm³/mol. The van der Waals surface area contributed by atoms with Gasteiger partial charge in [-0.05, 0) is 56.7 Å². The van der Waals surface area contributed by atoms with Crippen molar-refractivity contribution in [1.29, 1.82) is 0 Å². The van der Waals surface area contributed by atoms with E-state index in [-0.39, 0.29) is 18.1 Å². The van der Waals surface area contributed by atoms with Crippen LogP contribution in [0.4, 0.5) is 14.5 Å². The number of nitrogens with zero attached hydrogens (tertiary/aromatic N) is 2. The van der Waals surface area contributed by atoms with Gasteiger partial charge in [0.2, 0.25) is 11.8 Å². The molecule has 1 N–H and O–H groups in total. The van der Waals surface area contributed by atoms with E-state index in [0.717, 1.165) is 51.1 Å². The highest BCUT2D eigenvalue weighted by molar-refractivity contribution is 6.01. The van der Waals surface area contributed by atoms with E-state index in [0.29, 0.717) is 30.9 Å². The summed E-state index contributed by atoms with van der Waals surface area (Å²) in [5, 5.41) is 2.29. The number of carbonyl (C=O) groups is 2. The Bertz CT molecular complexity index is 764. The normalized spacial score (nSPS) is 27.2. The van der Waals surface area contributed by atoms with E-state index in [9.17, 15) is 18.4 Å². The van der Waals surface area contributed by atoms with Gasteiger partial charge in [0.25, 0.3) is 0 Å². The van der Waals surface area contributed by atoms with E-state index in [1.807, 2.05) is 6.07 Å². The van der Waals surface area contributed by atoms with Gasteiger partial charge in [-0.2, -0.15) is 0 Å². The quantitative estimate of drug-likeness (QED) is 0.783. The number of amides is 2. The number of carbonyl (C=O) groups excluding carboxylic acids is 2. The molecule has 0 aliphatic carbocycles. The highest BCUT2D eigenvalue weighted by atomic mass is 19.1. The van der Waals surface area contributed by atoms with Crippen LogP contribution in [0, 0.1) is 11.7 Å². The van der Waals surface area contributed by atoms with Gasteiger partial charge in [-0.3, -0.25) is 14.9 Å². The minimum atomic E-state index is -0.685. The van der Waals surface area contributed by atoms with Crippen molar-refractivity contribution < 1.29 is 18.4 Å². The Morgan fingerprint density at radius 3 is 2.55 bits per heavy atom. The number of hydrogen-bond donors (Lipinski definition) is 1. The van der Waals surface area contributed by atoms with Gasteiger partial charge >= 0.3 is 0 Å². The van der Waals surface area contributed by atoms with E-state index in [1.165, 1.54) is 6.07 Å². The number of anilines is 1. The summed E-state index contributed by atoms with van der Waals surface area (Å²) in [5.74, 6) is -1.14. The zero-order valence-electron chi connectivity index (χ0n) is 16.7. The minimum absolute atomic E-state index is 0.241. The monoisotopic (exact) mass is 405 g/mol. The summed E-state index contributed by atoms with van der Waals surface area (Å²) in [5.41, 5.74) is 1.19. The first kappa shape index (κ1) is 20.3. The lowest BCUT2D eigenvalue weighted by atomic mass is 9.89. The number of alkyl halides is 1. The molecule has 2 atom stereocenters. The molecule has 0 aromatic heterocycles. The average molecular weight is 405 g/mol. The SMILES string of the molecule is O=C1CCC(c2ccc(N3CCC(CN4CCCC(F)C4)CC3)cc2F)C(=O)N1. The molecule has 3 aliphatic heterocycles. The lowest BCUT2D eigenvalue weighted by Gasteiger charge is -2.37. The molecule has 2 amide bonds. The van der Waals surface area contributed by atoms with Crippen LogP contribution in [0.25, 0.3) is 0 Å². The molecule has 2 unspecified atom stereocenters. The molecule has 3 saturated heterocycles. The van der Waals surface area contributed by atoms with Crippen LogP contribution in [0.15, 0.2) is 18.2 Å². The molecule has 7 heteroatoms. The molecule has 1 aromatic rings. The highest BCUT2D eigenvalue weighted by Gasteiger charge is 2.30. The van der Waals surface area contributed by atoms with Crippen LogP contribution in [0.3, 0.4) is 0 Å². The van der Waals surface area contributed by atoms with Gasteiger partial charge < -0.3 is 9.80 Å². The number of benzene rings is 1. The van der Waals surface area contributed by atoms with Crippen LogP contribution in [-0.4, -0.2) is 55.6 Å². The fraction of sp³-hybridized carbons (Fsp3) is 0.636. The van der Waals surface area contributed by atoms with Crippen LogP contribution in [0.2, 0.25) is 0 Å². The molecule has 0 spiro atoms. The molecule has 0 radical (unpaired) electrons. The van der Waals surface area contributed by atoms with E-state index in [1.54, 1.807) is 6.07 Å². The molecule has 3 fully saturated rings. The van der Waals surface area contributed by atoms with Crippen molar-refractivity contribution in [3.05, 3.63) is 29.6 Å². The van der Waals surface area contributed by atoms with Gasteiger partial charge in [-0.1, -0.05) is 6.07 Å². The first-order chi connectivity index (χ1) is 14.0. The van der Waals surface area contributed by atoms with Gasteiger partial charge in [0.05, 0.1) is 5.92 Å². The second-order valence-electron chi connectivity index (χ2n) is 8.64. The summed E-state index contributed by atoms with van der Waals surface area (Å²) < 4.78 is 28.3. The fourth-order valence-electron chi connectivity index (χ4n) is 4.89. The minimum Gasteiger partial charge on any atom is -0.371 e. The van der Waals surface area contributed by atoms with Crippen LogP contribution < -0.4 is 10.2 Å². The third-order valence-corrected chi connectivity index (χ3v) is 6.54. The molecule has 4 rings (SSSR count). The smallest absolute Gasteiger partial charge is 0.234 e. The number of halogens is 2. The number of imide groups is 1. The van der Waals surface area contributed by atoms with Crippen molar-refractivity contribution in [2.45, 2.75) is 50.6 Å². The van der Waals surface area contributed by atoms with Crippen molar-refractivity contribution in [1.82, 2.24) is 10.2 Å². The molecule has 5 nitrogen and oxygen atoms in total. The first-order valence-corrected chi connectivity index (χ1v) is 10.7. The van der Waals surface area contributed by atoms with Gasteiger partial charge in [0.15, 0.2) is 0 Å². The summed E-state index contributed by atoms with van der Waals surface area (Å²) in [6.07, 6.45) is 3.57. The Hall–Kier alpha value is -2.02. The van der Waals surface area contributed by atoms with Crippen molar-refractivity contribution in [2.75, 3.05) is 37.6 Å². The largest absolute Gasteiger partial charge is 0.371 e. The van der Waals surface area contributed by atoms with Gasteiger partial charge in [0, 0.05) is 43.9 Å². The fourth-order valence-corrected chi connectivity index (χ4v) is 4.89. The molecule has 0 saturated carbocycles. The average Bonchev–Trinajstić information content (AvgIpc) is 2.69. The Kier molecular flexibility index (Phi) is 6.13. The molecule has 0 bridgehead atoms. The van der Waals surface area contributed by atoms with Crippen molar-refractivity contribution in [3.63, 3.8) is 0 Å². The Labute approximate surface area is 170 Å². The topological polar surface area (TPSA) is 52.7 Å². The second kappa shape index (κ2) is 8.78. The number of nitrogens with one attached hydrogen (secondary N) is 1. The molecule has 3 heterocycles. The maximum atomic E-state index is 14.7. The number of piperidine rings is 3. The van der Waals surface area contributed by atoms with E-state index in [4.69, 9.17) is 0 Å². The number of rotatable bonds is 4.